The van der Waals surface area contributed by atoms with E-state index in [0.717, 1.165) is 31.9 Å². The minimum absolute atomic E-state index is 0.0377. The van der Waals surface area contributed by atoms with Crippen LogP contribution in [0.1, 0.15) is 31.0 Å². The van der Waals surface area contributed by atoms with Crippen LogP contribution in [0.4, 0.5) is 0 Å². The number of morpholine rings is 1. The van der Waals surface area contributed by atoms with Crippen LogP contribution in [0.25, 0.3) is 0 Å². The molecule has 1 aromatic rings. The lowest BCUT2D eigenvalue weighted by Gasteiger charge is -2.44. The molecule has 1 aromatic heterocycles. The number of aromatic nitrogens is 1. The zero-order valence-corrected chi connectivity index (χ0v) is 11.5. The molecule has 1 atom stereocenters. The van der Waals surface area contributed by atoms with Crippen LogP contribution in [0.2, 0.25) is 0 Å². The topological polar surface area (TPSA) is 51.4 Å². The summed E-state index contributed by atoms with van der Waals surface area (Å²) < 4.78 is 5.41. The van der Waals surface area contributed by atoms with E-state index in [1.807, 2.05) is 18.5 Å². The lowest BCUT2D eigenvalue weighted by Crippen LogP contribution is -2.55. The molecule has 0 amide bonds. The normalized spacial score (nSPS) is 19.8. The first kappa shape index (κ1) is 13.5. The Labute approximate surface area is 109 Å². The van der Waals surface area contributed by atoms with E-state index in [-0.39, 0.29) is 11.6 Å². The molecule has 1 unspecified atom stereocenters. The highest BCUT2D eigenvalue weighted by Gasteiger charge is 2.35. The predicted octanol–water partition coefficient (Wildman–Crippen LogP) is 1.50. The number of hydrogen-bond acceptors (Lipinski definition) is 4. The molecule has 0 radical (unpaired) electrons. The van der Waals surface area contributed by atoms with Gasteiger partial charge in [-0.2, -0.15) is 0 Å². The summed E-state index contributed by atoms with van der Waals surface area (Å²) in [7, 11) is 0. The summed E-state index contributed by atoms with van der Waals surface area (Å²) in [5.74, 6) is 0. The average molecular weight is 249 g/mol. The Kier molecular flexibility index (Phi) is 4.00. The van der Waals surface area contributed by atoms with Crippen molar-refractivity contribution in [1.29, 1.82) is 0 Å². The molecule has 1 fully saturated rings. The second kappa shape index (κ2) is 5.34. The summed E-state index contributed by atoms with van der Waals surface area (Å²) in [4.78, 5) is 6.61. The first-order valence-corrected chi connectivity index (χ1v) is 6.52. The summed E-state index contributed by atoms with van der Waals surface area (Å²) in [6.07, 6.45) is 3.70. The number of rotatable bonds is 3. The number of pyridine rings is 1. The van der Waals surface area contributed by atoms with Crippen LogP contribution < -0.4 is 5.73 Å². The highest BCUT2D eigenvalue weighted by molar-refractivity contribution is 5.27. The average Bonchev–Trinajstić information content (AvgIpc) is 2.39. The fourth-order valence-corrected chi connectivity index (χ4v) is 2.52. The SMILES string of the molecule is Cc1ccncc1C(N)C(C)(C)N1CCOCC1. The zero-order valence-electron chi connectivity index (χ0n) is 11.5. The van der Waals surface area contributed by atoms with Crippen LogP contribution in [0.5, 0.6) is 0 Å². The van der Waals surface area contributed by atoms with Gasteiger partial charge >= 0.3 is 0 Å². The summed E-state index contributed by atoms with van der Waals surface area (Å²) in [6.45, 7) is 9.97. The van der Waals surface area contributed by atoms with E-state index in [1.54, 1.807) is 0 Å². The van der Waals surface area contributed by atoms with Crippen molar-refractivity contribution >= 4 is 0 Å². The van der Waals surface area contributed by atoms with Crippen molar-refractivity contribution in [2.75, 3.05) is 26.3 Å². The molecule has 4 heteroatoms. The maximum absolute atomic E-state index is 6.48. The van der Waals surface area contributed by atoms with Gasteiger partial charge in [-0.1, -0.05) is 0 Å². The van der Waals surface area contributed by atoms with Gasteiger partial charge in [0.25, 0.3) is 0 Å². The van der Waals surface area contributed by atoms with Crippen LogP contribution in [0, 0.1) is 6.92 Å². The van der Waals surface area contributed by atoms with Crippen molar-refractivity contribution in [3.8, 4) is 0 Å². The van der Waals surface area contributed by atoms with Crippen LogP contribution in [0.15, 0.2) is 18.5 Å². The minimum Gasteiger partial charge on any atom is -0.379 e. The Balaban J connectivity index is 2.20. The largest absolute Gasteiger partial charge is 0.379 e. The van der Waals surface area contributed by atoms with E-state index in [0.29, 0.717) is 0 Å². The van der Waals surface area contributed by atoms with Gasteiger partial charge in [-0.05, 0) is 38.0 Å². The molecule has 18 heavy (non-hydrogen) atoms. The van der Waals surface area contributed by atoms with Gasteiger partial charge in [0.2, 0.25) is 0 Å². The van der Waals surface area contributed by atoms with Crippen molar-refractivity contribution < 1.29 is 4.74 Å². The van der Waals surface area contributed by atoms with Crippen LogP contribution in [-0.4, -0.2) is 41.7 Å². The van der Waals surface area contributed by atoms with E-state index < -0.39 is 0 Å². The Morgan fingerprint density at radius 2 is 2.06 bits per heavy atom. The van der Waals surface area contributed by atoms with Crippen molar-refractivity contribution in [1.82, 2.24) is 9.88 Å². The molecule has 0 aliphatic carbocycles. The molecule has 0 aromatic carbocycles. The lowest BCUT2D eigenvalue weighted by atomic mass is 9.86. The molecule has 100 valence electrons. The lowest BCUT2D eigenvalue weighted by molar-refractivity contribution is -0.0191. The van der Waals surface area contributed by atoms with Crippen molar-refractivity contribution in [3.05, 3.63) is 29.6 Å². The minimum atomic E-state index is -0.0857. The first-order chi connectivity index (χ1) is 8.53. The van der Waals surface area contributed by atoms with Crippen molar-refractivity contribution in [2.24, 2.45) is 5.73 Å². The summed E-state index contributed by atoms with van der Waals surface area (Å²) in [6, 6.07) is 1.98. The molecule has 0 bridgehead atoms. The number of ether oxygens (including phenoxy) is 1. The molecule has 1 aliphatic rings. The summed E-state index contributed by atoms with van der Waals surface area (Å²) in [5, 5.41) is 0. The Hall–Kier alpha value is -0.970. The number of hydrogen-bond donors (Lipinski definition) is 1. The van der Waals surface area contributed by atoms with Crippen molar-refractivity contribution in [2.45, 2.75) is 32.4 Å². The van der Waals surface area contributed by atoms with Gasteiger partial charge in [-0.25, -0.2) is 0 Å². The van der Waals surface area contributed by atoms with Gasteiger partial charge < -0.3 is 10.5 Å². The molecule has 2 N–H and O–H groups in total. The molecule has 0 spiro atoms. The molecule has 4 nitrogen and oxygen atoms in total. The molecular formula is C14H23N3O. The monoisotopic (exact) mass is 249 g/mol. The number of nitrogens with zero attached hydrogens (tertiary/aromatic N) is 2. The van der Waals surface area contributed by atoms with Crippen LogP contribution in [-0.2, 0) is 4.74 Å². The van der Waals surface area contributed by atoms with Gasteiger partial charge in [0.15, 0.2) is 0 Å². The highest BCUT2D eigenvalue weighted by Crippen LogP contribution is 2.30. The van der Waals surface area contributed by atoms with E-state index in [1.165, 1.54) is 5.56 Å². The van der Waals surface area contributed by atoms with Crippen molar-refractivity contribution in [3.63, 3.8) is 0 Å². The second-order valence-corrected chi connectivity index (χ2v) is 5.46. The van der Waals surface area contributed by atoms with Gasteiger partial charge in [0, 0.05) is 37.1 Å². The zero-order chi connectivity index (χ0) is 13.2. The predicted molar refractivity (Wildman–Crippen MR) is 72.4 cm³/mol. The van der Waals surface area contributed by atoms with E-state index in [2.05, 4.69) is 30.7 Å². The Bertz CT molecular complexity index is 400. The van der Waals surface area contributed by atoms with Crippen LogP contribution in [0.3, 0.4) is 0 Å². The molecule has 2 rings (SSSR count). The maximum atomic E-state index is 6.48. The third kappa shape index (κ3) is 2.55. The maximum Gasteiger partial charge on any atom is 0.0594 e. The van der Waals surface area contributed by atoms with Gasteiger partial charge in [-0.3, -0.25) is 9.88 Å². The van der Waals surface area contributed by atoms with E-state index in [9.17, 15) is 0 Å². The fraction of sp³-hybridized carbons (Fsp3) is 0.643. The summed E-state index contributed by atoms with van der Waals surface area (Å²) >= 11 is 0. The van der Waals surface area contributed by atoms with E-state index >= 15 is 0 Å². The third-order valence-corrected chi connectivity index (χ3v) is 4.00. The first-order valence-electron chi connectivity index (χ1n) is 6.52. The molecule has 0 saturated carbocycles. The smallest absolute Gasteiger partial charge is 0.0594 e. The summed E-state index contributed by atoms with van der Waals surface area (Å²) in [5.41, 5.74) is 8.74. The molecule has 1 saturated heterocycles. The quantitative estimate of drug-likeness (QED) is 0.882. The van der Waals surface area contributed by atoms with Crippen LogP contribution >= 0.6 is 0 Å². The Morgan fingerprint density at radius 1 is 1.39 bits per heavy atom. The fourth-order valence-electron chi connectivity index (χ4n) is 2.52. The van der Waals surface area contributed by atoms with Gasteiger partial charge in [0.1, 0.15) is 0 Å². The van der Waals surface area contributed by atoms with Gasteiger partial charge in [0.05, 0.1) is 13.2 Å². The number of aryl methyl sites for hydroxylation is 1. The molecular weight excluding hydrogens is 226 g/mol. The standard InChI is InChI=1S/C14H23N3O/c1-11-4-5-16-10-12(11)13(15)14(2,3)17-6-8-18-9-7-17/h4-5,10,13H,6-9,15H2,1-3H3. The second-order valence-electron chi connectivity index (χ2n) is 5.46. The third-order valence-electron chi connectivity index (χ3n) is 4.00. The van der Waals surface area contributed by atoms with E-state index in [4.69, 9.17) is 10.5 Å². The Morgan fingerprint density at radius 3 is 2.67 bits per heavy atom. The van der Waals surface area contributed by atoms with Gasteiger partial charge in [-0.15, -0.1) is 0 Å². The highest BCUT2D eigenvalue weighted by atomic mass is 16.5. The molecule has 1 aliphatic heterocycles. The number of nitrogens with two attached hydrogens (primary N) is 1. The molecule has 2 heterocycles.